The highest BCUT2D eigenvalue weighted by atomic mass is 19.1. The van der Waals surface area contributed by atoms with Crippen LogP contribution in [0.15, 0.2) is 18.2 Å². The van der Waals surface area contributed by atoms with E-state index in [-0.39, 0.29) is 11.7 Å². The van der Waals surface area contributed by atoms with E-state index in [1.165, 1.54) is 17.8 Å². The molecule has 112 valence electrons. The molecule has 0 radical (unpaired) electrons. The summed E-state index contributed by atoms with van der Waals surface area (Å²) in [5, 5.41) is 3.34. The number of ether oxygens (including phenoxy) is 1. The van der Waals surface area contributed by atoms with Crippen LogP contribution in [0.1, 0.15) is 37.0 Å². The molecule has 0 saturated carbocycles. The largest absolute Gasteiger partial charge is 0.494 e. The lowest BCUT2D eigenvalue weighted by Gasteiger charge is -2.19. The predicted molar refractivity (Wildman–Crippen MR) is 79.6 cm³/mol. The third-order valence-corrected chi connectivity index (χ3v) is 3.81. The van der Waals surface area contributed by atoms with Crippen LogP contribution in [0.4, 0.5) is 4.39 Å². The van der Waals surface area contributed by atoms with Crippen LogP contribution in [0.25, 0.3) is 5.69 Å². The molecular weight excluding hydrogens is 269 g/mol. The van der Waals surface area contributed by atoms with Crippen molar-refractivity contribution in [3.05, 3.63) is 41.2 Å². The number of methoxy groups -OCH3 is 1. The van der Waals surface area contributed by atoms with E-state index in [0.29, 0.717) is 5.75 Å². The molecule has 5 heteroatoms. The third-order valence-electron chi connectivity index (χ3n) is 3.81. The normalized spacial score (nSPS) is 14.3. The van der Waals surface area contributed by atoms with E-state index < -0.39 is 0 Å². The maximum Gasteiger partial charge on any atom is 0.145 e. The lowest BCUT2D eigenvalue weighted by Crippen LogP contribution is -2.24. The number of halogens is 1. The molecule has 2 aromatic rings. The smallest absolute Gasteiger partial charge is 0.145 e. The van der Waals surface area contributed by atoms with Crippen molar-refractivity contribution in [3.8, 4) is 11.4 Å². The van der Waals surface area contributed by atoms with Crippen LogP contribution in [0, 0.1) is 5.82 Å². The number of benzene rings is 1. The highest BCUT2D eigenvalue weighted by Gasteiger charge is 2.24. The molecule has 0 amide bonds. The van der Waals surface area contributed by atoms with E-state index >= 15 is 0 Å². The van der Waals surface area contributed by atoms with E-state index in [0.717, 1.165) is 36.7 Å². The van der Waals surface area contributed by atoms with Crippen molar-refractivity contribution < 1.29 is 9.13 Å². The topological polar surface area (TPSA) is 39.1 Å². The van der Waals surface area contributed by atoms with Crippen molar-refractivity contribution >= 4 is 0 Å². The molecule has 1 aromatic carbocycles. The number of nitrogens with one attached hydrogen (secondary N) is 1. The fourth-order valence-electron chi connectivity index (χ4n) is 2.82. The summed E-state index contributed by atoms with van der Waals surface area (Å²) < 4.78 is 21.0. The minimum Gasteiger partial charge on any atom is -0.494 e. The van der Waals surface area contributed by atoms with Gasteiger partial charge >= 0.3 is 0 Å². The van der Waals surface area contributed by atoms with E-state index in [9.17, 15) is 4.39 Å². The predicted octanol–water partition coefficient (Wildman–Crippen LogP) is 2.79. The zero-order valence-corrected chi connectivity index (χ0v) is 12.6. The van der Waals surface area contributed by atoms with Gasteiger partial charge < -0.3 is 10.1 Å². The number of hydrogen-bond donors (Lipinski definition) is 1. The van der Waals surface area contributed by atoms with E-state index in [2.05, 4.69) is 23.7 Å². The maximum atomic E-state index is 13.5. The first-order chi connectivity index (χ1) is 10.1. The molecule has 0 bridgehead atoms. The van der Waals surface area contributed by atoms with Gasteiger partial charge in [0.2, 0.25) is 0 Å². The SMILES string of the molecule is COc1cc(F)ccc1-n1c(C(C)C)nc2c1CCNC2. The quantitative estimate of drug-likeness (QED) is 0.944. The standard InChI is InChI=1S/C16H20FN3O/c1-10(2)16-19-12-9-18-7-6-13(12)20(16)14-5-4-11(17)8-15(14)21-3/h4-5,8,10,18H,6-7,9H2,1-3H3. The van der Waals surface area contributed by atoms with Gasteiger partial charge in [-0.2, -0.15) is 0 Å². The highest BCUT2D eigenvalue weighted by Crippen LogP contribution is 2.31. The van der Waals surface area contributed by atoms with Gasteiger partial charge in [-0.1, -0.05) is 13.8 Å². The van der Waals surface area contributed by atoms with Crippen molar-refractivity contribution in [2.75, 3.05) is 13.7 Å². The zero-order chi connectivity index (χ0) is 15.0. The summed E-state index contributed by atoms with van der Waals surface area (Å²) >= 11 is 0. The van der Waals surface area contributed by atoms with Gasteiger partial charge in [0, 0.05) is 37.2 Å². The van der Waals surface area contributed by atoms with Crippen LogP contribution in [0.3, 0.4) is 0 Å². The van der Waals surface area contributed by atoms with Crippen LogP contribution in [-0.4, -0.2) is 23.2 Å². The van der Waals surface area contributed by atoms with Gasteiger partial charge in [0.15, 0.2) is 0 Å². The Morgan fingerprint density at radius 1 is 1.38 bits per heavy atom. The molecule has 1 N–H and O–H groups in total. The first-order valence-electron chi connectivity index (χ1n) is 7.27. The summed E-state index contributed by atoms with van der Waals surface area (Å²) in [5.41, 5.74) is 3.14. The Morgan fingerprint density at radius 3 is 2.90 bits per heavy atom. The molecule has 1 aromatic heterocycles. The van der Waals surface area contributed by atoms with Crippen molar-refractivity contribution in [2.24, 2.45) is 0 Å². The molecule has 4 nitrogen and oxygen atoms in total. The van der Waals surface area contributed by atoms with Gasteiger partial charge in [0.1, 0.15) is 17.4 Å². The number of imidazole rings is 1. The van der Waals surface area contributed by atoms with Crippen LogP contribution in [0.5, 0.6) is 5.75 Å². The number of fused-ring (bicyclic) bond motifs is 1. The molecule has 2 heterocycles. The van der Waals surface area contributed by atoms with Crippen LogP contribution in [0.2, 0.25) is 0 Å². The molecule has 3 rings (SSSR count). The van der Waals surface area contributed by atoms with Crippen LogP contribution >= 0.6 is 0 Å². The second-order valence-electron chi connectivity index (χ2n) is 5.60. The lowest BCUT2D eigenvalue weighted by atomic mass is 10.1. The summed E-state index contributed by atoms with van der Waals surface area (Å²) in [7, 11) is 1.57. The van der Waals surface area contributed by atoms with Crippen LogP contribution < -0.4 is 10.1 Å². The summed E-state index contributed by atoms with van der Waals surface area (Å²) in [4.78, 5) is 4.78. The van der Waals surface area contributed by atoms with Crippen LogP contribution in [-0.2, 0) is 13.0 Å². The van der Waals surface area contributed by atoms with E-state index in [4.69, 9.17) is 9.72 Å². The lowest BCUT2D eigenvalue weighted by molar-refractivity contribution is 0.408. The molecule has 0 saturated heterocycles. The molecule has 0 fully saturated rings. The Bertz CT molecular complexity index is 664. The minimum atomic E-state index is -0.294. The molecule has 0 spiro atoms. The Balaban J connectivity index is 2.23. The van der Waals surface area contributed by atoms with Gasteiger partial charge in [-0.05, 0) is 12.1 Å². The van der Waals surface area contributed by atoms with Crippen molar-refractivity contribution in [1.82, 2.24) is 14.9 Å². The molecule has 0 unspecified atom stereocenters. The number of hydrogen-bond acceptors (Lipinski definition) is 3. The first-order valence-corrected chi connectivity index (χ1v) is 7.27. The van der Waals surface area contributed by atoms with E-state index in [1.54, 1.807) is 13.2 Å². The van der Waals surface area contributed by atoms with Crippen molar-refractivity contribution in [3.63, 3.8) is 0 Å². The van der Waals surface area contributed by atoms with Gasteiger partial charge in [-0.25, -0.2) is 9.37 Å². The first kappa shape index (κ1) is 14.1. The number of aromatic nitrogens is 2. The molecule has 0 aliphatic carbocycles. The second kappa shape index (κ2) is 5.48. The summed E-state index contributed by atoms with van der Waals surface area (Å²) in [6, 6.07) is 4.66. The Labute approximate surface area is 124 Å². The average molecular weight is 289 g/mol. The van der Waals surface area contributed by atoms with E-state index in [1.807, 2.05) is 0 Å². The van der Waals surface area contributed by atoms with Crippen molar-refractivity contribution in [2.45, 2.75) is 32.7 Å². The highest BCUT2D eigenvalue weighted by molar-refractivity contribution is 5.50. The maximum absolute atomic E-state index is 13.5. The van der Waals surface area contributed by atoms with Gasteiger partial charge in [-0.15, -0.1) is 0 Å². The summed E-state index contributed by atoms with van der Waals surface area (Å²) in [6.07, 6.45) is 0.912. The Hall–Kier alpha value is -1.88. The summed E-state index contributed by atoms with van der Waals surface area (Å²) in [5.74, 6) is 1.52. The third kappa shape index (κ3) is 2.42. The van der Waals surface area contributed by atoms with Crippen molar-refractivity contribution in [1.29, 1.82) is 0 Å². The average Bonchev–Trinajstić information content (AvgIpc) is 2.86. The molecular formula is C16H20FN3O. The molecule has 1 aliphatic rings. The zero-order valence-electron chi connectivity index (χ0n) is 12.6. The molecule has 21 heavy (non-hydrogen) atoms. The summed E-state index contributed by atoms with van der Waals surface area (Å²) in [6.45, 7) is 5.95. The fourth-order valence-corrected chi connectivity index (χ4v) is 2.82. The van der Waals surface area contributed by atoms with Gasteiger partial charge in [0.05, 0.1) is 18.5 Å². The minimum absolute atomic E-state index is 0.283. The van der Waals surface area contributed by atoms with Gasteiger partial charge in [0.25, 0.3) is 0 Å². The van der Waals surface area contributed by atoms with Gasteiger partial charge in [-0.3, -0.25) is 4.57 Å². The number of nitrogens with zero attached hydrogens (tertiary/aromatic N) is 2. The second-order valence-corrected chi connectivity index (χ2v) is 5.60. The Morgan fingerprint density at radius 2 is 2.19 bits per heavy atom. The monoisotopic (exact) mass is 289 g/mol. The fraction of sp³-hybridized carbons (Fsp3) is 0.438. The molecule has 0 atom stereocenters. The number of rotatable bonds is 3. The Kier molecular flexibility index (Phi) is 3.68. The molecule has 1 aliphatic heterocycles.